The summed E-state index contributed by atoms with van der Waals surface area (Å²) in [7, 11) is 0. The van der Waals surface area contributed by atoms with Gasteiger partial charge >= 0.3 is 0 Å². The summed E-state index contributed by atoms with van der Waals surface area (Å²) < 4.78 is 10.4. The lowest BCUT2D eigenvalue weighted by atomic mass is 9.97. The molecule has 1 aliphatic heterocycles. The van der Waals surface area contributed by atoms with Crippen LogP contribution in [0.25, 0.3) is 0 Å². The van der Waals surface area contributed by atoms with Gasteiger partial charge in [-0.25, -0.2) is 0 Å². The van der Waals surface area contributed by atoms with Crippen molar-refractivity contribution in [3.05, 3.63) is 35.4 Å². The first-order valence-corrected chi connectivity index (χ1v) is 6.79. The summed E-state index contributed by atoms with van der Waals surface area (Å²) in [6.07, 6.45) is 1.91. The van der Waals surface area contributed by atoms with Crippen molar-refractivity contribution in [2.75, 3.05) is 13.1 Å². The third kappa shape index (κ3) is 2.45. The summed E-state index contributed by atoms with van der Waals surface area (Å²) >= 11 is 0. The number of piperidine rings is 1. The number of carbonyl (C=O) groups is 1. The number of nitrogens with zero attached hydrogens (tertiary/aromatic N) is 3. The van der Waals surface area contributed by atoms with Crippen molar-refractivity contribution < 1.29 is 13.7 Å². The van der Waals surface area contributed by atoms with Crippen LogP contribution in [-0.4, -0.2) is 34.0 Å². The first kappa shape index (κ1) is 12.9. The molecule has 0 bridgehead atoms. The van der Waals surface area contributed by atoms with Gasteiger partial charge in [-0.2, -0.15) is 4.98 Å². The van der Waals surface area contributed by atoms with E-state index in [2.05, 4.69) is 10.1 Å². The van der Waals surface area contributed by atoms with E-state index in [0.717, 1.165) is 25.1 Å². The number of amides is 1. The maximum atomic E-state index is 12.4. The Morgan fingerprint density at radius 3 is 2.90 bits per heavy atom. The van der Waals surface area contributed by atoms with Crippen LogP contribution in [0.5, 0.6) is 0 Å². The predicted octanol–water partition coefficient (Wildman–Crippen LogP) is 2.30. The average Bonchev–Trinajstić information content (AvgIpc) is 3.07. The zero-order chi connectivity index (χ0) is 14.1. The third-order valence-electron chi connectivity index (χ3n) is 3.57. The van der Waals surface area contributed by atoms with Crippen LogP contribution in [0.4, 0.5) is 0 Å². The third-order valence-corrected chi connectivity index (χ3v) is 3.57. The van der Waals surface area contributed by atoms with Gasteiger partial charge in [0.1, 0.15) is 5.76 Å². The van der Waals surface area contributed by atoms with E-state index in [9.17, 15) is 4.79 Å². The largest absolute Gasteiger partial charge is 0.456 e. The molecule has 1 fully saturated rings. The Kier molecular flexibility index (Phi) is 3.30. The molecule has 3 rings (SSSR count). The van der Waals surface area contributed by atoms with Crippen molar-refractivity contribution in [3.8, 4) is 0 Å². The molecule has 1 amide bonds. The average molecular weight is 275 g/mol. The van der Waals surface area contributed by atoms with Gasteiger partial charge in [-0.05, 0) is 31.9 Å². The number of aromatic nitrogens is 2. The number of carbonyl (C=O) groups excluding carboxylic acids is 1. The molecule has 2 aromatic rings. The molecule has 0 aliphatic carbocycles. The topological polar surface area (TPSA) is 72.4 Å². The molecule has 0 N–H and O–H groups in total. The van der Waals surface area contributed by atoms with Crippen LogP contribution in [0.1, 0.15) is 46.8 Å². The first-order chi connectivity index (χ1) is 9.63. The summed E-state index contributed by atoms with van der Waals surface area (Å²) in [6.45, 7) is 4.95. The lowest BCUT2D eigenvalue weighted by Gasteiger charge is -2.30. The van der Waals surface area contributed by atoms with E-state index in [4.69, 9.17) is 8.94 Å². The molecule has 1 saturated heterocycles. The van der Waals surface area contributed by atoms with Crippen LogP contribution in [0.3, 0.4) is 0 Å². The maximum absolute atomic E-state index is 12.4. The fourth-order valence-electron chi connectivity index (χ4n) is 2.56. The Labute approximate surface area is 116 Å². The molecule has 1 atom stereocenters. The van der Waals surface area contributed by atoms with E-state index >= 15 is 0 Å². The van der Waals surface area contributed by atoms with Crippen molar-refractivity contribution in [1.29, 1.82) is 0 Å². The highest BCUT2D eigenvalue weighted by Crippen LogP contribution is 2.26. The van der Waals surface area contributed by atoms with E-state index in [-0.39, 0.29) is 11.8 Å². The molecule has 0 saturated carbocycles. The van der Waals surface area contributed by atoms with Gasteiger partial charge in [-0.1, -0.05) is 5.16 Å². The van der Waals surface area contributed by atoms with E-state index in [0.29, 0.717) is 24.0 Å². The van der Waals surface area contributed by atoms with Gasteiger partial charge < -0.3 is 13.8 Å². The summed E-state index contributed by atoms with van der Waals surface area (Å²) in [5.41, 5.74) is 0. The second-order valence-corrected chi connectivity index (χ2v) is 5.17. The fourth-order valence-corrected chi connectivity index (χ4v) is 2.56. The summed E-state index contributed by atoms with van der Waals surface area (Å²) in [6, 6.07) is 3.52. The molecule has 0 aromatic carbocycles. The molecule has 0 radical (unpaired) electrons. The molecule has 2 aromatic heterocycles. The Morgan fingerprint density at radius 1 is 1.40 bits per heavy atom. The quantitative estimate of drug-likeness (QED) is 0.840. The number of hydrogen-bond donors (Lipinski definition) is 0. The fraction of sp³-hybridized carbons (Fsp3) is 0.500. The number of aryl methyl sites for hydroxylation is 2. The lowest BCUT2D eigenvalue weighted by molar-refractivity contribution is 0.0670. The Balaban J connectivity index is 1.73. The van der Waals surface area contributed by atoms with Gasteiger partial charge in [0.2, 0.25) is 5.89 Å². The molecule has 6 heteroatoms. The molecule has 6 nitrogen and oxygen atoms in total. The van der Waals surface area contributed by atoms with Crippen molar-refractivity contribution in [2.24, 2.45) is 0 Å². The second kappa shape index (κ2) is 5.11. The van der Waals surface area contributed by atoms with Gasteiger partial charge in [0.15, 0.2) is 11.6 Å². The standard InChI is InChI=1S/C14H17N3O3/c1-9-5-6-12(19-9)14(18)17-7-3-4-11(8-17)13-15-10(2)20-16-13/h5-6,11H,3-4,7-8H2,1-2H3/t11-/m1/s1. The van der Waals surface area contributed by atoms with Gasteiger partial charge in [0.05, 0.1) is 0 Å². The second-order valence-electron chi connectivity index (χ2n) is 5.17. The minimum Gasteiger partial charge on any atom is -0.456 e. The van der Waals surface area contributed by atoms with E-state index in [1.807, 2.05) is 6.92 Å². The number of furan rings is 1. The Bertz CT molecular complexity index is 617. The van der Waals surface area contributed by atoms with E-state index in [1.165, 1.54) is 0 Å². The predicted molar refractivity (Wildman–Crippen MR) is 70.4 cm³/mol. The summed E-state index contributed by atoms with van der Waals surface area (Å²) in [4.78, 5) is 18.4. The molecule has 0 unspecified atom stereocenters. The number of hydrogen-bond acceptors (Lipinski definition) is 5. The minimum atomic E-state index is -0.0667. The van der Waals surface area contributed by atoms with Crippen LogP contribution < -0.4 is 0 Å². The van der Waals surface area contributed by atoms with Crippen molar-refractivity contribution in [1.82, 2.24) is 15.0 Å². The normalized spacial score (nSPS) is 19.3. The van der Waals surface area contributed by atoms with Gasteiger partial charge in [-0.15, -0.1) is 0 Å². The van der Waals surface area contributed by atoms with Crippen LogP contribution in [0, 0.1) is 13.8 Å². The van der Waals surface area contributed by atoms with Crippen LogP contribution in [-0.2, 0) is 0 Å². The molecule has 0 spiro atoms. The highest BCUT2D eigenvalue weighted by Gasteiger charge is 2.29. The highest BCUT2D eigenvalue weighted by molar-refractivity contribution is 5.91. The van der Waals surface area contributed by atoms with Crippen LogP contribution >= 0.6 is 0 Å². The van der Waals surface area contributed by atoms with Crippen molar-refractivity contribution in [2.45, 2.75) is 32.6 Å². The summed E-state index contributed by atoms with van der Waals surface area (Å²) in [5, 5.41) is 3.96. The molecule has 3 heterocycles. The number of rotatable bonds is 2. The summed E-state index contributed by atoms with van der Waals surface area (Å²) in [5.74, 6) is 2.47. The van der Waals surface area contributed by atoms with Gasteiger partial charge in [0.25, 0.3) is 5.91 Å². The molecular formula is C14H17N3O3. The maximum Gasteiger partial charge on any atom is 0.289 e. The monoisotopic (exact) mass is 275 g/mol. The van der Waals surface area contributed by atoms with Crippen molar-refractivity contribution >= 4 is 5.91 Å². The van der Waals surface area contributed by atoms with Crippen LogP contribution in [0.2, 0.25) is 0 Å². The Hall–Kier alpha value is -2.11. The smallest absolute Gasteiger partial charge is 0.289 e. The van der Waals surface area contributed by atoms with Crippen molar-refractivity contribution in [3.63, 3.8) is 0 Å². The zero-order valence-electron chi connectivity index (χ0n) is 11.6. The molecule has 1 aliphatic rings. The SMILES string of the molecule is Cc1ccc(C(=O)N2CCC[C@@H](c3noc(C)n3)C2)o1. The van der Waals surface area contributed by atoms with Crippen LogP contribution in [0.15, 0.2) is 21.1 Å². The first-order valence-electron chi connectivity index (χ1n) is 6.79. The highest BCUT2D eigenvalue weighted by atomic mass is 16.5. The van der Waals surface area contributed by atoms with E-state index < -0.39 is 0 Å². The molecular weight excluding hydrogens is 258 g/mol. The lowest BCUT2D eigenvalue weighted by Crippen LogP contribution is -2.39. The van der Waals surface area contributed by atoms with E-state index in [1.54, 1.807) is 24.0 Å². The molecule has 106 valence electrons. The molecule has 20 heavy (non-hydrogen) atoms. The minimum absolute atomic E-state index is 0.0667. The van der Waals surface area contributed by atoms with Gasteiger partial charge in [-0.3, -0.25) is 4.79 Å². The zero-order valence-corrected chi connectivity index (χ0v) is 11.6. The van der Waals surface area contributed by atoms with Gasteiger partial charge in [0, 0.05) is 25.9 Å². The Morgan fingerprint density at radius 2 is 2.25 bits per heavy atom. The number of likely N-dealkylation sites (tertiary alicyclic amines) is 1.